The molecule has 1 aliphatic heterocycles. The van der Waals surface area contributed by atoms with Crippen LogP contribution in [0.1, 0.15) is 68.2 Å². The Labute approximate surface area is 196 Å². The fourth-order valence-electron chi connectivity index (χ4n) is 4.91. The monoisotopic (exact) mass is 444 g/mol. The molecule has 1 aliphatic carbocycles. The Balaban J connectivity index is 1.70. The minimum absolute atomic E-state index is 0.0242. The van der Waals surface area contributed by atoms with E-state index in [-0.39, 0.29) is 29.8 Å². The highest BCUT2D eigenvalue weighted by molar-refractivity contribution is 5.94. The first-order valence-electron chi connectivity index (χ1n) is 11.9. The Bertz CT molecular complexity index is 1050. The molecule has 0 unspecified atom stereocenters. The maximum atomic E-state index is 13.0. The molecule has 0 aromatic heterocycles. The van der Waals surface area contributed by atoms with Gasteiger partial charge in [-0.3, -0.25) is 9.59 Å². The van der Waals surface area contributed by atoms with Crippen LogP contribution in [0.3, 0.4) is 0 Å². The number of carbonyl (C=O) groups excluding carboxylic acids is 2. The topological polar surface area (TPSA) is 58.6 Å². The van der Waals surface area contributed by atoms with Gasteiger partial charge in [0, 0.05) is 17.6 Å². The van der Waals surface area contributed by atoms with E-state index in [4.69, 9.17) is 11.2 Å². The van der Waals surface area contributed by atoms with Crippen LogP contribution in [0.5, 0.6) is 5.75 Å². The largest absolute Gasteiger partial charge is 0.497 e. The van der Waals surface area contributed by atoms with Crippen LogP contribution in [-0.4, -0.2) is 29.9 Å². The molecule has 2 aliphatic rings. The third-order valence-electron chi connectivity index (χ3n) is 6.99. The molecule has 5 nitrogen and oxygen atoms in total. The summed E-state index contributed by atoms with van der Waals surface area (Å²) in [4.78, 5) is 27.2. The number of amides is 2. The van der Waals surface area contributed by atoms with Crippen molar-refractivity contribution in [3.63, 3.8) is 0 Å². The summed E-state index contributed by atoms with van der Waals surface area (Å²) in [6, 6.07) is 13.6. The predicted octanol–water partition coefficient (Wildman–Crippen LogP) is 5.10. The third-order valence-corrected chi connectivity index (χ3v) is 6.99. The van der Waals surface area contributed by atoms with E-state index in [2.05, 4.69) is 24.2 Å². The highest BCUT2D eigenvalue weighted by atomic mass is 16.5. The summed E-state index contributed by atoms with van der Waals surface area (Å²) >= 11 is 0. The maximum Gasteiger partial charge on any atom is 0.299 e. The second-order valence-electron chi connectivity index (χ2n) is 9.06. The van der Waals surface area contributed by atoms with Gasteiger partial charge in [0.1, 0.15) is 5.75 Å². The number of anilines is 1. The van der Waals surface area contributed by atoms with Gasteiger partial charge in [-0.15, -0.1) is 6.42 Å². The molecule has 2 amide bonds. The van der Waals surface area contributed by atoms with Gasteiger partial charge in [-0.1, -0.05) is 44.4 Å². The van der Waals surface area contributed by atoms with Crippen molar-refractivity contribution in [2.45, 2.75) is 64.0 Å². The molecule has 2 aromatic carbocycles. The van der Waals surface area contributed by atoms with E-state index in [1.54, 1.807) is 7.11 Å². The van der Waals surface area contributed by atoms with Crippen LogP contribution in [0, 0.1) is 18.3 Å². The van der Waals surface area contributed by atoms with Crippen LogP contribution >= 0.6 is 0 Å². The molecular weight excluding hydrogens is 412 g/mol. The lowest BCUT2D eigenvalue weighted by Crippen LogP contribution is -2.47. The summed E-state index contributed by atoms with van der Waals surface area (Å²) in [5.41, 5.74) is 4.01. The van der Waals surface area contributed by atoms with E-state index >= 15 is 0 Å². The smallest absolute Gasteiger partial charge is 0.299 e. The van der Waals surface area contributed by atoms with Crippen molar-refractivity contribution in [1.29, 1.82) is 0 Å². The molecule has 0 saturated heterocycles. The molecule has 2 atom stereocenters. The van der Waals surface area contributed by atoms with Gasteiger partial charge < -0.3 is 15.0 Å². The van der Waals surface area contributed by atoms with Crippen LogP contribution in [-0.2, 0) is 16.0 Å². The first-order valence-corrected chi connectivity index (χ1v) is 11.9. The van der Waals surface area contributed by atoms with Crippen molar-refractivity contribution in [3.8, 4) is 18.1 Å². The van der Waals surface area contributed by atoms with E-state index in [0.29, 0.717) is 0 Å². The normalized spacial score (nSPS) is 19.7. The molecule has 0 radical (unpaired) electrons. The van der Waals surface area contributed by atoms with E-state index in [1.165, 1.54) is 5.56 Å². The molecule has 0 bridgehead atoms. The second kappa shape index (κ2) is 10.1. The second-order valence-corrected chi connectivity index (χ2v) is 9.06. The van der Waals surface area contributed by atoms with Gasteiger partial charge in [0.15, 0.2) is 0 Å². The molecule has 33 heavy (non-hydrogen) atoms. The first-order chi connectivity index (χ1) is 16.0. The first kappa shape index (κ1) is 22.9. The Hall–Kier alpha value is -3.26. The SMILES string of the molecule is C#CC(=O)N1[C@@H](CCCC)Cc2cc(OC)ccc2[C@H]1c1ccc(NC(=O)C2CCC2)cc1. The Morgan fingerprint density at radius 1 is 1.18 bits per heavy atom. The molecule has 1 heterocycles. The molecule has 5 heteroatoms. The number of hydrogen-bond acceptors (Lipinski definition) is 3. The van der Waals surface area contributed by atoms with E-state index in [1.807, 2.05) is 41.3 Å². The van der Waals surface area contributed by atoms with Crippen LogP contribution in [0.25, 0.3) is 0 Å². The van der Waals surface area contributed by atoms with Crippen molar-refractivity contribution in [2.75, 3.05) is 12.4 Å². The predicted molar refractivity (Wildman–Crippen MR) is 130 cm³/mol. The van der Waals surface area contributed by atoms with Crippen LogP contribution in [0.15, 0.2) is 42.5 Å². The molecule has 0 spiro atoms. The Kier molecular flexibility index (Phi) is 7.03. The molecule has 1 fully saturated rings. The number of nitrogens with zero attached hydrogens (tertiary/aromatic N) is 1. The summed E-state index contributed by atoms with van der Waals surface area (Å²) < 4.78 is 5.47. The summed E-state index contributed by atoms with van der Waals surface area (Å²) in [7, 11) is 1.67. The lowest BCUT2D eigenvalue weighted by Gasteiger charge is -2.43. The number of terminal acetylenes is 1. The zero-order chi connectivity index (χ0) is 23.4. The average molecular weight is 445 g/mol. The minimum atomic E-state index is -0.287. The van der Waals surface area contributed by atoms with E-state index in [0.717, 1.165) is 67.5 Å². The summed E-state index contributed by atoms with van der Waals surface area (Å²) in [6.45, 7) is 2.15. The molecule has 1 saturated carbocycles. The molecule has 1 N–H and O–H groups in total. The lowest BCUT2D eigenvalue weighted by molar-refractivity contribution is -0.130. The third kappa shape index (κ3) is 4.75. The van der Waals surface area contributed by atoms with Crippen molar-refractivity contribution >= 4 is 17.5 Å². The van der Waals surface area contributed by atoms with Gasteiger partial charge in [-0.25, -0.2) is 0 Å². The molecule has 172 valence electrons. The zero-order valence-electron chi connectivity index (χ0n) is 19.5. The number of rotatable bonds is 7. The van der Waals surface area contributed by atoms with Gasteiger partial charge in [-0.2, -0.15) is 0 Å². The van der Waals surface area contributed by atoms with Gasteiger partial charge in [0.2, 0.25) is 5.91 Å². The number of benzene rings is 2. The van der Waals surface area contributed by atoms with Crippen molar-refractivity contribution < 1.29 is 14.3 Å². The summed E-state index contributed by atoms with van der Waals surface area (Å²) in [6.07, 6.45) is 12.4. The number of carbonyl (C=O) groups is 2. The van der Waals surface area contributed by atoms with E-state index < -0.39 is 0 Å². The van der Waals surface area contributed by atoms with Crippen molar-refractivity contribution in [1.82, 2.24) is 4.90 Å². The van der Waals surface area contributed by atoms with Crippen molar-refractivity contribution in [3.05, 3.63) is 59.2 Å². The highest BCUT2D eigenvalue weighted by Gasteiger charge is 2.37. The van der Waals surface area contributed by atoms with Gasteiger partial charge >= 0.3 is 0 Å². The molecular formula is C28H32N2O3. The number of methoxy groups -OCH3 is 1. The highest BCUT2D eigenvalue weighted by Crippen LogP contribution is 2.41. The van der Waals surface area contributed by atoms with E-state index in [9.17, 15) is 9.59 Å². The fourth-order valence-corrected chi connectivity index (χ4v) is 4.91. The zero-order valence-corrected chi connectivity index (χ0v) is 19.5. The van der Waals surface area contributed by atoms with Crippen molar-refractivity contribution in [2.24, 2.45) is 5.92 Å². The lowest BCUT2D eigenvalue weighted by atomic mass is 9.83. The quantitative estimate of drug-likeness (QED) is 0.605. The van der Waals surface area contributed by atoms with Gasteiger partial charge in [-0.05, 0) is 72.6 Å². The van der Waals surface area contributed by atoms with Crippen LogP contribution in [0.4, 0.5) is 5.69 Å². The minimum Gasteiger partial charge on any atom is -0.497 e. The van der Waals surface area contributed by atoms with Gasteiger partial charge in [0.05, 0.1) is 13.2 Å². The Morgan fingerprint density at radius 2 is 1.94 bits per heavy atom. The molecule has 4 rings (SSSR count). The number of hydrogen-bond donors (Lipinski definition) is 1. The fraction of sp³-hybridized carbons (Fsp3) is 0.429. The standard InChI is InChI=1S/C28H32N2O3/c1-4-6-10-23-17-21-18-24(33-3)15-16-25(21)27(30(23)26(31)5-2)19-11-13-22(14-12-19)29-28(32)20-8-7-9-20/h2,11-16,18,20,23,27H,4,6-10,17H2,1,3H3,(H,29,32)/t23-,27+/m0/s1. The molecule has 2 aromatic rings. The number of ether oxygens (including phenoxy) is 1. The number of fused-ring (bicyclic) bond motifs is 1. The number of nitrogens with one attached hydrogen (secondary N) is 1. The van der Waals surface area contributed by atoms with Crippen LogP contribution < -0.4 is 10.1 Å². The summed E-state index contributed by atoms with van der Waals surface area (Å²) in [5.74, 6) is 3.11. The average Bonchev–Trinajstić information content (AvgIpc) is 2.80. The summed E-state index contributed by atoms with van der Waals surface area (Å²) in [5, 5.41) is 3.02. The Morgan fingerprint density at radius 3 is 2.55 bits per heavy atom. The number of unbranched alkanes of at least 4 members (excludes halogenated alkanes) is 1. The van der Waals surface area contributed by atoms with Gasteiger partial charge in [0.25, 0.3) is 5.91 Å². The maximum absolute atomic E-state index is 13.0. The van der Waals surface area contributed by atoms with Crippen LogP contribution in [0.2, 0.25) is 0 Å².